The quantitative estimate of drug-likeness (QED) is 0.818. The van der Waals surface area contributed by atoms with Gasteiger partial charge in [-0.2, -0.15) is 0 Å². The topological polar surface area (TPSA) is 52.6 Å². The van der Waals surface area contributed by atoms with Crippen molar-refractivity contribution in [2.24, 2.45) is 0 Å². The first-order valence-electron chi connectivity index (χ1n) is 6.65. The number of hydrogen-bond acceptors (Lipinski definition) is 5. The van der Waals surface area contributed by atoms with Crippen molar-refractivity contribution >= 4 is 23.1 Å². The Hall–Kier alpha value is -2.14. The second-order valence-corrected chi connectivity index (χ2v) is 5.73. The van der Waals surface area contributed by atoms with Gasteiger partial charge in [0.25, 0.3) is 0 Å². The molecule has 2 aromatic rings. The van der Waals surface area contributed by atoms with Gasteiger partial charge in [0.05, 0.1) is 17.0 Å². The number of esters is 1. The van der Waals surface area contributed by atoms with E-state index >= 15 is 0 Å². The summed E-state index contributed by atoms with van der Waals surface area (Å²) < 4.78 is 10.6. The first-order chi connectivity index (χ1) is 10.1. The SMILES string of the molecule is CC(=O)OCCc1ccc2c(c1)C(=O)c1sccc1CO2. The van der Waals surface area contributed by atoms with Crippen LogP contribution in [0.15, 0.2) is 29.6 Å². The number of thiophene rings is 1. The van der Waals surface area contributed by atoms with Crippen LogP contribution in [-0.4, -0.2) is 18.4 Å². The van der Waals surface area contributed by atoms with E-state index in [1.807, 2.05) is 29.6 Å². The molecule has 0 fully saturated rings. The Morgan fingerprint density at radius 2 is 2.24 bits per heavy atom. The van der Waals surface area contributed by atoms with Gasteiger partial charge in [0.1, 0.15) is 12.4 Å². The van der Waals surface area contributed by atoms with Crippen LogP contribution < -0.4 is 4.74 Å². The number of ether oxygens (including phenoxy) is 2. The van der Waals surface area contributed by atoms with Crippen molar-refractivity contribution < 1.29 is 19.1 Å². The molecule has 0 bridgehead atoms. The lowest BCUT2D eigenvalue weighted by Crippen LogP contribution is -2.05. The van der Waals surface area contributed by atoms with Crippen LogP contribution in [0, 0.1) is 0 Å². The van der Waals surface area contributed by atoms with E-state index in [0.717, 1.165) is 16.0 Å². The van der Waals surface area contributed by atoms with Gasteiger partial charge in [-0.05, 0) is 29.1 Å². The van der Waals surface area contributed by atoms with E-state index in [-0.39, 0.29) is 11.8 Å². The van der Waals surface area contributed by atoms with Crippen molar-refractivity contribution in [1.29, 1.82) is 0 Å². The molecule has 1 aromatic heterocycles. The van der Waals surface area contributed by atoms with Gasteiger partial charge in [-0.15, -0.1) is 11.3 Å². The van der Waals surface area contributed by atoms with Crippen LogP contribution in [0.25, 0.3) is 0 Å². The summed E-state index contributed by atoms with van der Waals surface area (Å²) in [6, 6.07) is 7.46. The predicted octanol–water partition coefficient (Wildman–Crippen LogP) is 2.98. The van der Waals surface area contributed by atoms with Crippen molar-refractivity contribution in [3.8, 4) is 5.75 Å². The lowest BCUT2D eigenvalue weighted by molar-refractivity contribution is -0.140. The first-order valence-corrected chi connectivity index (χ1v) is 7.53. The van der Waals surface area contributed by atoms with Crippen LogP contribution >= 0.6 is 11.3 Å². The third kappa shape index (κ3) is 2.83. The van der Waals surface area contributed by atoms with E-state index in [9.17, 15) is 9.59 Å². The van der Waals surface area contributed by atoms with Crippen molar-refractivity contribution in [3.05, 3.63) is 51.2 Å². The van der Waals surface area contributed by atoms with Gasteiger partial charge < -0.3 is 9.47 Å². The standard InChI is InChI=1S/C16H14O4S/c1-10(17)19-6-4-11-2-3-14-13(8-11)15(18)16-12(9-20-14)5-7-21-16/h2-3,5,7-8H,4,6,9H2,1H3. The first kappa shape index (κ1) is 13.8. The summed E-state index contributed by atoms with van der Waals surface area (Å²) in [6.07, 6.45) is 0.581. The predicted molar refractivity (Wildman–Crippen MR) is 78.9 cm³/mol. The molecule has 0 amide bonds. The molecule has 3 rings (SSSR count). The highest BCUT2D eigenvalue weighted by Crippen LogP contribution is 2.31. The zero-order valence-electron chi connectivity index (χ0n) is 11.5. The van der Waals surface area contributed by atoms with E-state index in [1.165, 1.54) is 18.3 Å². The van der Waals surface area contributed by atoms with Gasteiger partial charge >= 0.3 is 5.97 Å². The Kier molecular flexibility index (Phi) is 3.75. The molecule has 0 saturated heterocycles. The van der Waals surface area contributed by atoms with Gasteiger partial charge in [0, 0.05) is 18.9 Å². The van der Waals surface area contributed by atoms with E-state index < -0.39 is 0 Å². The Bertz CT molecular complexity index is 702. The molecule has 0 aliphatic carbocycles. The summed E-state index contributed by atoms with van der Waals surface area (Å²) in [5, 5.41) is 1.90. The van der Waals surface area contributed by atoms with Crippen LogP contribution in [-0.2, 0) is 22.6 Å². The lowest BCUT2D eigenvalue weighted by atomic mass is 10.0. The molecule has 21 heavy (non-hydrogen) atoms. The monoisotopic (exact) mass is 302 g/mol. The Balaban J connectivity index is 1.86. The minimum absolute atomic E-state index is 0.00170. The Morgan fingerprint density at radius 1 is 1.38 bits per heavy atom. The number of rotatable bonds is 3. The number of benzene rings is 1. The zero-order chi connectivity index (χ0) is 14.8. The van der Waals surface area contributed by atoms with Crippen molar-refractivity contribution in [1.82, 2.24) is 0 Å². The Labute approximate surface area is 126 Å². The van der Waals surface area contributed by atoms with E-state index in [4.69, 9.17) is 9.47 Å². The summed E-state index contributed by atoms with van der Waals surface area (Å²) in [4.78, 5) is 24.1. The number of fused-ring (bicyclic) bond motifs is 2. The molecule has 0 radical (unpaired) electrons. The highest BCUT2D eigenvalue weighted by molar-refractivity contribution is 7.12. The molecule has 5 heteroatoms. The van der Waals surface area contributed by atoms with E-state index in [0.29, 0.717) is 30.9 Å². The molecule has 108 valence electrons. The van der Waals surface area contributed by atoms with Crippen LogP contribution in [0.5, 0.6) is 5.75 Å². The summed E-state index contributed by atoms with van der Waals surface area (Å²) in [7, 11) is 0. The number of carbonyl (C=O) groups is 2. The van der Waals surface area contributed by atoms with Crippen molar-refractivity contribution in [2.75, 3.05) is 6.61 Å². The number of hydrogen-bond donors (Lipinski definition) is 0. The van der Waals surface area contributed by atoms with Crippen molar-refractivity contribution in [3.63, 3.8) is 0 Å². The summed E-state index contributed by atoms with van der Waals surface area (Å²) in [5.41, 5.74) is 2.46. The average Bonchev–Trinajstić information content (AvgIpc) is 2.88. The third-order valence-electron chi connectivity index (χ3n) is 3.32. The molecule has 2 heterocycles. The molecule has 1 aliphatic heterocycles. The fourth-order valence-corrected chi connectivity index (χ4v) is 3.14. The molecule has 0 N–H and O–H groups in total. The minimum atomic E-state index is -0.299. The number of ketones is 1. The lowest BCUT2D eigenvalue weighted by Gasteiger charge is -2.09. The fraction of sp³-hybridized carbons (Fsp3) is 0.250. The maximum absolute atomic E-state index is 12.6. The molecule has 1 aliphatic rings. The summed E-state index contributed by atoms with van der Waals surface area (Å²) in [6.45, 7) is 2.12. The summed E-state index contributed by atoms with van der Waals surface area (Å²) >= 11 is 1.44. The van der Waals surface area contributed by atoms with Gasteiger partial charge in [-0.3, -0.25) is 9.59 Å². The molecule has 1 aromatic carbocycles. The molecule has 0 atom stereocenters. The zero-order valence-corrected chi connectivity index (χ0v) is 12.4. The molecular weight excluding hydrogens is 288 g/mol. The van der Waals surface area contributed by atoms with Gasteiger partial charge in [-0.25, -0.2) is 0 Å². The van der Waals surface area contributed by atoms with Crippen LogP contribution in [0.3, 0.4) is 0 Å². The Morgan fingerprint density at radius 3 is 3.05 bits per heavy atom. The fourth-order valence-electron chi connectivity index (χ4n) is 2.27. The normalized spacial score (nSPS) is 12.9. The molecular formula is C16H14O4S. The second-order valence-electron chi connectivity index (χ2n) is 4.81. The van der Waals surface area contributed by atoms with Crippen LogP contribution in [0.4, 0.5) is 0 Å². The average molecular weight is 302 g/mol. The number of carbonyl (C=O) groups excluding carboxylic acids is 2. The van der Waals surface area contributed by atoms with Gasteiger partial charge in [0.2, 0.25) is 5.78 Å². The highest BCUT2D eigenvalue weighted by atomic mass is 32.1. The molecule has 4 nitrogen and oxygen atoms in total. The third-order valence-corrected chi connectivity index (χ3v) is 4.28. The molecule has 0 saturated carbocycles. The van der Waals surface area contributed by atoms with Gasteiger partial charge in [-0.1, -0.05) is 6.07 Å². The largest absolute Gasteiger partial charge is 0.488 e. The highest BCUT2D eigenvalue weighted by Gasteiger charge is 2.23. The maximum Gasteiger partial charge on any atom is 0.302 e. The molecule has 0 unspecified atom stereocenters. The second kappa shape index (κ2) is 5.69. The maximum atomic E-state index is 12.6. The smallest absolute Gasteiger partial charge is 0.302 e. The van der Waals surface area contributed by atoms with Crippen LogP contribution in [0.1, 0.15) is 33.3 Å². The van der Waals surface area contributed by atoms with E-state index in [1.54, 1.807) is 0 Å². The van der Waals surface area contributed by atoms with Crippen molar-refractivity contribution in [2.45, 2.75) is 20.0 Å². The summed E-state index contributed by atoms with van der Waals surface area (Å²) in [5.74, 6) is 0.314. The van der Waals surface area contributed by atoms with E-state index in [2.05, 4.69) is 0 Å². The van der Waals surface area contributed by atoms with Crippen LogP contribution in [0.2, 0.25) is 0 Å². The van der Waals surface area contributed by atoms with Gasteiger partial charge in [0.15, 0.2) is 0 Å². The molecule has 0 spiro atoms. The minimum Gasteiger partial charge on any atom is -0.488 e.